The molecule has 3 rings (SSSR count). The fraction of sp³-hybridized carbons (Fsp3) is 0.391. The molecule has 0 spiro atoms. The van der Waals surface area contributed by atoms with Crippen molar-refractivity contribution >= 4 is 35.8 Å². The number of nitrogens with zero attached hydrogens (tertiary/aromatic N) is 2. The fourth-order valence-corrected chi connectivity index (χ4v) is 3.50. The van der Waals surface area contributed by atoms with Gasteiger partial charge < -0.3 is 20.3 Å². The molecule has 0 aromatic heterocycles. The Kier molecular flexibility index (Phi) is 10.3. The second-order valence-electron chi connectivity index (χ2n) is 7.48. The molecule has 33 heavy (non-hydrogen) atoms. The Bertz CT molecular complexity index is 930. The van der Waals surface area contributed by atoms with Crippen LogP contribution in [0.15, 0.2) is 53.5 Å². The third-order valence-corrected chi connectivity index (χ3v) is 5.17. The van der Waals surface area contributed by atoms with Crippen LogP contribution in [0.1, 0.15) is 40.7 Å². The molecule has 180 valence electrons. The van der Waals surface area contributed by atoms with Gasteiger partial charge in [-0.2, -0.15) is 0 Å². The summed E-state index contributed by atoms with van der Waals surface area (Å²) >= 11 is 0. The van der Waals surface area contributed by atoms with E-state index in [0.717, 1.165) is 31.5 Å². The Morgan fingerprint density at radius 2 is 1.64 bits per heavy atom. The Morgan fingerprint density at radius 1 is 1.00 bits per heavy atom. The van der Waals surface area contributed by atoms with Crippen LogP contribution < -0.4 is 15.4 Å². The summed E-state index contributed by atoms with van der Waals surface area (Å²) in [6, 6.07) is 13.3. The summed E-state index contributed by atoms with van der Waals surface area (Å²) in [4.78, 5) is 18.5. The largest absolute Gasteiger partial charge is 0.573 e. The molecule has 2 N–H and O–H groups in total. The topological polar surface area (TPSA) is 66.0 Å². The molecule has 1 fully saturated rings. The predicted molar refractivity (Wildman–Crippen MR) is 132 cm³/mol. The number of benzene rings is 2. The van der Waals surface area contributed by atoms with Crippen molar-refractivity contribution in [2.45, 2.75) is 38.7 Å². The van der Waals surface area contributed by atoms with E-state index in [1.807, 2.05) is 29.2 Å². The average molecular weight is 576 g/mol. The minimum atomic E-state index is -4.75. The number of alkyl halides is 3. The standard InChI is InChI=1S/C23H27F3N4O2.HI/c1-27-22(29-16-19-7-3-4-8-20(19)32-23(24,25)26)28-15-17-9-11-18(12-10-17)21(31)30-13-5-2-6-14-30;/h3-4,7-12H,2,5-6,13-16H2,1H3,(H2,27,28,29);1H. The van der Waals surface area contributed by atoms with Gasteiger partial charge in [0.15, 0.2) is 5.96 Å². The van der Waals surface area contributed by atoms with Crippen LogP contribution in [0, 0.1) is 0 Å². The van der Waals surface area contributed by atoms with Gasteiger partial charge in [0.1, 0.15) is 5.75 Å². The van der Waals surface area contributed by atoms with Crippen molar-refractivity contribution in [1.82, 2.24) is 15.5 Å². The van der Waals surface area contributed by atoms with E-state index in [4.69, 9.17) is 0 Å². The molecule has 6 nitrogen and oxygen atoms in total. The number of piperidine rings is 1. The van der Waals surface area contributed by atoms with Gasteiger partial charge in [-0.3, -0.25) is 9.79 Å². The Balaban J connectivity index is 0.00000385. The van der Waals surface area contributed by atoms with Gasteiger partial charge in [-0.25, -0.2) is 0 Å². The van der Waals surface area contributed by atoms with E-state index < -0.39 is 6.36 Å². The van der Waals surface area contributed by atoms with E-state index >= 15 is 0 Å². The smallest absolute Gasteiger partial charge is 0.405 e. The molecule has 2 aromatic rings. The molecule has 1 aliphatic rings. The summed E-state index contributed by atoms with van der Waals surface area (Å²) in [5, 5.41) is 6.10. The van der Waals surface area contributed by atoms with E-state index in [2.05, 4.69) is 20.4 Å². The number of aliphatic imine (C=N–C) groups is 1. The second kappa shape index (κ2) is 12.7. The number of carbonyl (C=O) groups is 1. The van der Waals surface area contributed by atoms with Gasteiger partial charge in [-0.05, 0) is 43.0 Å². The molecule has 0 aliphatic carbocycles. The number of guanidine groups is 1. The molecule has 0 saturated carbocycles. The molecule has 0 bridgehead atoms. The van der Waals surface area contributed by atoms with Gasteiger partial charge in [0, 0.05) is 44.4 Å². The molecule has 0 radical (unpaired) electrons. The first-order valence-corrected chi connectivity index (χ1v) is 10.5. The molecule has 2 aromatic carbocycles. The van der Waals surface area contributed by atoms with Gasteiger partial charge >= 0.3 is 6.36 Å². The number of hydrogen-bond donors (Lipinski definition) is 2. The highest BCUT2D eigenvalue weighted by Crippen LogP contribution is 2.26. The van der Waals surface area contributed by atoms with Crippen molar-refractivity contribution in [1.29, 1.82) is 0 Å². The van der Waals surface area contributed by atoms with Crippen molar-refractivity contribution in [3.8, 4) is 5.75 Å². The maximum absolute atomic E-state index is 12.6. The number of halogens is 4. The second-order valence-corrected chi connectivity index (χ2v) is 7.48. The van der Waals surface area contributed by atoms with Crippen LogP contribution in [0.3, 0.4) is 0 Å². The number of rotatable bonds is 6. The summed E-state index contributed by atoms with van der Waals surface area (Å²) < 4.78 is 41.8. The third kappa shape index (κ3) is 8.41. The van der Waals surface area contributed by atoms with Crippen molar-refractivity contribution in [3.63, 3.8) is 0 Å². The fourth-order valence-electron chi connectivity index (χ4n) is 3.50. The molecule has 1 saturated heterocycles. The molecule has 1 heterocycles. The Labute approximate surface area is 208 Å². The number of likely N-dealkylation sites (tertiary alicyclic amines) is 1. The van der Waals surface area contributed by atoms with E-state index in [1.165, 1.54) is 18.6 Å². The summed E-state index contributed by atoms with van der Waals surface area (Å²) in [7, 11) is 1.58. The molecule has 10 heteroatoms. The molecule has 1 amide bonds. The monoisotopic (exact) mass is 576 g/mol. The van der Waals surface area contributed by atoms with Crippen LogP contribution in [0.2, 0.25) is 0 Å². The maximum atomic E-state index is 12.6. The lowest BCUT2D eigenvalue weighted by Gasteiger charge is -2.26. The average Bonchev–Trinajstić information content (AvgIpc) is 2.79. The number of ether oxygens (including phenoxy) is 1. The zero-order chi connectivity index (χ0) is 23.0. The van der Waals surface area contributed by atoms with E-state index in [0.29, 0.717) is 23.6 Å². The van der Waals surface area contributed by atoms with Gasteiger partial charge in [0.2, 0.25) is 0 Å². The minimum Gasteiger partial charge on any atom is -0.405 e. The van der Waals surface area contributed by atoms with Crippen molar-refractivity contribution in [2.75, 3.05) is 20.1 Å². The van der Waals surface area contributed by atoms with E-state index in [9.17, 15) is 18.0 Å². The summed E-state index contributed by atoms with van der Waals surface area (Å²) in [6.45, 7) is 2.16. The first-order valence-electron chi connectivity index (χ1n) is 10.5. The van der Waals surface area contributed by atoms with Crippen LogP contribution in [0.25, 0.3) is 0 Å². The van der Waals surface area contributed by atoms with Crippen molar-refractivity contribution < 1.29 is 22.7 Å². The van der Waals surface area contributed by atoms with Crippen LogP contribution >= 0.6 is 24.0 Å². The molecular weight excluding hydrogens is 548 g/mol. The van der Waals surface area contributed by atoms with Gasteiger partial charge in [-0.15, -0.1) is 37.1 Å². The molecule has 0 unspecified atom stereocenters. The lowest BCUT2D eigenvalue weighted by Crippen LogP contribution is -2.36. The Morgan fingerprint density at radius 3 is 2.27 bits per heavy atom. The zero-order valence-corrected chi connectivity index (χ0v) is 20.7. The van der Waals surface area contributed by atoms with Crippen LogP contribution in [-0.4, -0.2) is 43.3 Å². The normalized spacial score (nSPS) is 14.3. The molecule has 0 atom stereocenters. The number of nitrogens with one attached hydrogen (secondary N) is 2. The zero-order valence-electron chi connectivity index (χ0n) is 18.3. The van der Waals surface area contributed by atoms with E-state index in [-0.39, 0.29) is 42.2 Å². The quantitative estimate of drug-likeness (QED) is 0.298. The van der Waals surface area contributed by atoms with Crippen molar-refractivity contribution in [2.24, 2.45) is 4.99 Å². The van der Waals surface area contributed by atoms with Gasteiger partial charge in [0.05, 0.1) is 0 Å². The van der Waals surface area contributed by atoms with E-state index in [1.54, 1.807) is 19.2 Å². The van der Waals surface area contributed by atoms with Crippen LogP contribution in [-0.2, 0) is 13.1 Å². The summed E-state index contributed by atoms with van der Waals surface area (Å²) in [5.74, 6) is 0.235. The minimum absolute atomic E-state index is 0. The van der Waals surface area contributed by atoms with Crippen LogP contribution in [0.5, 0.6) is 5.75 Å². The number of hydrogen-bond acceptors (Lipinski definition) is 3. The number of carbonyl (C=O) groups excluding carboxylic acids is 1. The SMILES string of the molecule is CN=C(NCc1ccc(C(=O)N2CCCCC2)cc1)NCc1ccccc1OC(F)(F)F.I. The maximum Gasteiger partial charge on any atom is 0.573 e. The molecule has 1 aliphatic heterocycles. The highest BCUT2D eigenvalue weighted by molar-refractivity contribution is 14.0. The van der Waals surface area contributed by atoms with Crippen LogP contribution in [0.4, 0.5) is 13.2 Å². The lowest BCUT2D eigenvalue weighted by atomic mass is 10.1. The Hall–Kier alpha value is -2.50. The molecular formula is C23H28F3IN4O2. The first kappa shape index (κ1) is 26.7. The number of para-hydroxylation sites is 1. The first-order chi connectivity index (χ1) is 15.4. The highest BCUT2D eigenvalue weighted by atomic mass is 127. The van der Waals surface area contributed by atoms with Gasteiger partial charge in [-0.1, -0.05) is 30.3 Å². The highest BCUT2D eigenvalue weighted by Gasteiger charge is 2.32. The van der Waals surface area contributed by atoms with Crippen molar-refractivity contribution in [3.05, 3.63) is 65.2 Å². The third-order valence-electron chi connectivity index (χ3n) is 5.17. The van der Waals surface area contributed by atoms with Gasteiger partial charge in [0.25, 0.3) is 5.91 Å². The summed E-state index contributed by atoms with van der Waals surface area (Å²) in [5.41, 5.74) is 1.97. The number of amides is 1. The lowest BCUT2D eigenvalue weighted by molar-refractivity contribution is -0.274. The summed E-state index contributed by atoms with van der Waals surface area (Å²) in [6.07, 6.45) is -1.48. The predicted octanol–water partition coefficient (Wildman–Crippen LogP) is 4.69.